The van der Waals surface area contributed by atoms with Crippen LogP contribution in [-0.4, -0.2) is 19.8 Å². The van der Waals surface area contributed by atoms with E-state index in [4.69, 9.17) is 14.2 Å². The summed E-state index contributed by atoms with van der Waals surface area (Å²) >= 11 is 0. The summed E-state index contributed by atoms with van der Waals surface area (Å²) in [6, 6.07) is 17.9. The van der Waals surface area contributed by atoms with E-state index < -0.39 is 0 Å². The molecule has 0 spiro atoms. The highest BCUT2D eigenvalue weighted by Gasteiger charge is 2.10. The van der Waals surface area contributed by atoms with Gasteiger partial charge in [-0.05, 0) is 36.2 Å². The maximum Gasteiger partial charge on any atom is 0.119 e. The van der Waals surface area contributed by atoms with Crippen molar-refractivity contribution in [1.82, 2.24) is 0 Å². The zero-order valence-electron chi connectivity index (χ0n) is 13.3. The van der Waals surface area contributed by atoms with Gasteiger partial charge >= 0.3 is 0 Å². The van der Waals surface area contributed by atoms with Gasteiger partial charge in [0.2, 0.25) is 0 Å². The van der Waals surface area contributed by atoms with E-state index in [1.165, 1.54) is 5.56 Å². The molecule has 0 aliphatic heterocycles. The van der Waals surface area contributed by atoms with Crippen LogP contribution in [0.5, 0.6) is 11.5 Å². The summed E-state index contributed by atoms with van der Waals surface area (Å²) in [5, 5.41) is 0. The van der Waals surface area contributed by atoms with Gasteiger partial charge in [0.1, 0.15) is 18.1 Å². The average Bonchev–Trinajstić information content (AvgIpc) is 2.59. The van der Waals surface area contributed by atoms with Gasteiger partial charge in [0.25, 0.3) is 0 Å². The molecule has 0 saturated carbocycles. The van der Waals surface area contributed by atoms with E-state index in [0.717, 1.165) is 24.3 Å². The number of benzene rings is 2. The standard InChI is InChI=1S/C19H24O3/c1-3-7-19(21-14-16-8-5-4-6-9-16)15-22-18-12-10-17(20-2)11-13-18/h4-6,8-13,19H,3,7,14-15H2,1-2H3. The molecule has 3 heteroatoms. The van der Waals surface area contributed by atoms with Gasteiger partial charge in [-0.1, -0.05) is 43.7 Å². The molecule has 0 fully saturated rings. The van der Waals surface area contributed by atoms with Gasteiger partial charge in [0.05, 0.1) is 19.8 Å². The third-order valence-corrected chi connectivity index (χ3v) is 3.43. The molecule has 118 valence electrons. The lowest BCUT2D eigenvalue weighted by molar-refractivity contribution is 0.00421. The monoisotopic (exact) mass is 300 g/mol. The zero-order valence-corrected chi connectivity index (χ0v) is 13.3. The van der Waals surface area contributed by atoms with Gasteiger partial charge in [-0.15, -0.1) is 0 Å². The summed E-state index contributed by atoms with van der Waals surface area (Å²) in [7, 11) is 1.66. The highest BCUT2D eigenvalue weighted by Crippen LogP contribution is 2.18. The van der Waals surface area contributed by atoms with E-state index in [1.807, 2.05) is 42.5 Å². The van der Waals surface area contributed by atoms with Gasteiger partial charge in [-0.2, -0.15) is 0 Å². The molecule has 3 nitrogen and oxygen atoms in total. The van der Waals surface area contributed by atoms with Crippen molar-refractivity contribution in [3.05, 3.63) is 60.2 Å². The Morgan fingerprint density at radius 2 is 1.59 bits per heavy atom. The van der Waals surface area contributed by atoms with Crippen molar-refractivity contribution in [3.8, 4) is 11.5 Å². The number of ether oxygens (including phenoxy) is 3. The van der Waals surface area contributed by atoms with E-state index in [2.05, 4.69) is 19.1 Å². The molecule has 0 aliphatic rings. The fraction of sp³-hybridized carbons (Fsp3) is 0.368. The van der Waals surface area contributed by atoms with Crippen molar-refractivity contribution >= 4 is 0 Å². The molecule has 1 unspecified atom stereocenters. The Bertz CT molecular complexity index is 522. The molecule has 1 atom stereocenters. The first kappa shape index (κ1) is 16.4. The maximum absolute atomic E-state index is 5.99. The average molecular weight is 300 g/mol. The van der Waals surface area contributed by atoms with E-state index >= 15 is 0 Å². The lowest BCUT2D eigenvalue weighted by atomic mass is 10.2. The molecule has 0 N–H and O–H groups in total. The van der Waals surface area contributed by atoms with Crippen LogP contribution in [0, 0.1) is 0 Å². The first-order valence-electron chi connectivity index (χ1n) is 7.74. The second-order valence-electron chi connectivity index (χ2n) is 5.19. The largest absolute Gasteiger partial charge is 0.497 e. The maximum atomic E-state index is 5.99. The van der Waals surface area contributed by atoms with E-state index in [1.54, 1.807) is 7.11 Å². The van der Waals surface area contributed by atoms with Crippen LogP contribution in [0.1, 0.15) is 25.3 Å². The molecule has 0 radical (unpaired) electrons. The Kier molecular flexibility index (Phi) is 6.78. The van der Waals surface area contributed by atoms with Crippen molar-refractivity contribution in [2.24, 2.45) is 0 Å². The SMILES string of the molecule is CCCC(COc1ccc(OC)cc1)OCc1ccccc1. The van der Waals surface area contributed by atoms with Crippen molar-refractivity contribution in [3.63, 3.8) is 0 Å². The smallest absolute Gasteiger partial charge is 0.119 e. The summed E-state index contributed by atoms with van der Waals surface area (Å²) in [6.07, 6.45) is 2.17. The topological polar surface area (TPSA) is 27.7 Å². The van der Waals surface area contributed by atoms with Gasteiger partial charge < -0.3 is 14.2 Å². The second kappa shape index (κ2) is 9.11. The highest BCUT2D eigenvalue weighted by molar-refractivity contribution is 5.31. The van der Waals surface area contributed by atoms with Crippen molar-refractivity contribution in [2.45, 2.75) is 32.5 Å². The number of hydrogen-bond donors (Lipinski definition) is 0. The number of rotatable bonds is 9. The molecule has 0 bridgehead atoms. The van der Waals surface area contributed by atoms with Crippen LogP contribution in [0.4, 0.5) is 0 Å². The van der Waals surface area contributed by atoms with Crippen LogP contribution in [-0.2, 0) is 11.3 Å². The van der Waals surface area contributed by atoms with Gasteiger partial charge in [-0.3, -0.25) is 0 Å². The Morgan fingerprint density at radius 3 is 2.23 bits per heavy atom. The zero-order chi connectivity index (χ0) is 15.6. The molecular formula is C19H24O3. The summed E-state index contributed by atoms with van der Waals surface area (Å²) in [5.41, 5.74) is 1.19. The summed E-state index contributed by atoms with van der Waals surface area (Å²) in [5.74, 6) is 1.67. The Labute approximate surface area is 132 Å². The highest BCUT2D eigenvalue weighted by atomic mass is 16.5. The van der Waals surface area contributed by atoms with Crippen molar-refractivity contribution in [1.29, 1.82) is 0 Å². The molecular weight excluding hydrogens is 276 g/mol. The molecule has 0 heterocycles. The fourth-order valence-electron chi connectivity index (χ4n) is 2.19. The normalized spacial score (nSPS) is 11.9. The lowest BCUT2D eigenvalue weighted by Gasteiger charge is -2.18. The molecule has 0 saturated heterocycles. The van der Waals surface area contributed by atoms with Crippen LogP contribution < -0.4 is 9.47 Å². The van der Waals surface area contributed by atoms with Crippen LogP contribution in [0.2, 0.25) is 0 Å². The lowest BCUT2D eigenvalue weighted by Crippen LogP contribution is -2.21. The minimum absolute atomic E-state index is 0.104. The number of hydrogen-bond acceptors (Lipinski definition) is 3. The Morgan fingerprint density at radius 1 is 0.909 bits per heavy atom. The first-order chi connectivity index (χ1) is 10.8. The molecule has 2 rings (SSSR count). The van der Waals surface area contributed by atoms with Gasteiger partial charge in [0, 0.05) is 0 Å². The van der Waals surface area contributed by atoms with Crippen LogP contribution in [0.15, 0.2) is 54.6 Å². The Hall–Kier alpha value is -2.00. The van der Waals surface area contributed by atoms with E-state index in [-0.39, 0.29) is 6.10 Å². The summed E-state index contributed by atoms with van der Waals surface area (Å²) in [4.78, 5) is 0. The number of methoxy groups -OCH3 is 1. The van der Waals surface area contributed by atoms with Crippen LogP contribution in [0.3, 0.4) is 0 Å². The van der Waals surface area contributed by atoms with E-state index in [9.17, 15) is 0 Å². The minimum Gasteiger partial charge on any atom is -0.497 e. The summed E-state index contributed by atoms with van der Waals surface area (Å²) in [6.45, 7) is 3.34. The predicted molar refractivity (Wildman–Crippen MR) is 88.4 cm³/mol. The molecule has 2 aromatic rings. The van der Waals surface area contributed by atoms with Gasteiger partial charge in [-0.25, -0.2) is 0 Å². The fourth-order valence-corrected chi connectivity index (χ4v) is 2.19. The molecule has 2 aromatic carbocycles. The second-order valence-corrected chi connectivity index (χ2v) is 5.19. The predicted octanol–water partition coefficient (Wildman–Crippen LogP) is 4.46. The molecule has 0 aliphatic carbocycles. The first-order valence-corrected chi connectivity index (χ1v) is 7.74. The van der Waals surface area contributed by atoms with Crippen LogP contribution in [0.25, 0.3) is 0 Å². The molecule has 22 heavy (non-hydrogen) atoms. The molecule has 0 amide bonds. The van der Waals surface area contributed by atoms with Crippen LogP contribution >= 0.6 is 0 Å². The third kappa shape index (κ3) is 5.41. The van der Waals surface area contributed by atoms with E-state index in [0.29, 0.717) is 13.2 Å². The molecule has 0 aromatic heterocycles. The third-order valence-electron chi connectivity index (χ3n) is 3.43. The minimum atomic E-state index is 0.104. The van der Waals surface area contributed by atoms with Crippen molar-refractivity contribution < 1.29 is 14.2 Å². The quantitative estimate of drug-likeness (QED) is 0.684. The van der Waals surface area contributed by atoms with Crippen molar-refractivity contribution in [2.75, 3.05) is 13.7 Å². The Balaban J connectivity index is 1.82. The van der Waals surface area contributed by atoms with Gasteiger partial charge in [0.15, 0.2) is 0 Å². The summed E-state index contributed by atoms with van der Waals surface area (Å²) < 4.78 is 17.0.